The van der Waals surface area contributed by atoms with Crippen molar-refractivity contribution in [3.05, 3.63) is 22.0 Å². The Morgan fingerprint density at radius 3 is 3.33 bits per heavy atom. The molecule has 0 radical (unpaired) electrons. The van der Waals surface area contributed by atoms with Gasteiger partial charge in [0.25, 0.3) is 5.96 Å². The van der Waals surface area contributed by atoms with E-state index in [9.17, 15) is 10.1 Å². The Morgan fingerprint density at radius 2 is 2.67 bits per heavy atom. The van der Waals surface area contributed by atoms with Crippen LogP contribution in [0.3, 0.4) is 0 Å². The second-order valence-corrected chi connectivity index (χ2v) is 3.47. The van der Waals surface area contributed by atoms with Crippen LogP contribution >= 0.6 is 11.7 Å². The lowest BCUT2D eigenvalue weighted by Crippen LogP contribution is -2.30. The normalized spacial score (nSPS) is 18.1. The van der Waals surface area contributed by atoms with Crippen LogP contribution in [0.15, 0.2) is 11.3 Å². The van der Waals surface area contributed by atoms with E-state index >= 15 is 0 Å². The molecule has 1 aliphatic heterocycles. The molecule has 0 atom stereocenters. The first kappa shape index (κ1) is 9.77. The molecule has 9 heteroatoms. The second-order valence-electron chi connectivity index (χ2n) is 2.91. The number of nitrogens with one attached hydrogen (secondary N) is 1. The van der Waals surface area contributed by atoms with E-state index in [0.717, 1.165) is 17.4 Å². The summed E-state index contributed by atoms with van der Waals surface area (Å²) in [5.74, 6) is 0.285. The Morgan fingerprint density at radius 1 is 1.80 bits per heavy atom. The van der Waals surface area contributed by atoms with Gasteiger partial charge in [0.05, 0.1) is 30.2 Å². The van der Waals surface area contributed by atoms with E-state index in [1.54, 1.807) is 11.1 Å². The standard InChI is InChI=1S/C6H8N6O2S/c13-12(14)9-6-7-1-2-11(6)4-5-3-8-15-10-5/h3H,1-2,4H2,(H,7,9). The third-order valence-electron chi connectivity index (χ3n) is 1.90. The lowest BCUT2D eigenvalue weighted by atomic mass is 10.4. The molecule has 0 amide bonds. The molecule has 0 spiro atoms. The zero-order chi connectivity index (χ0) is 10.7. The zero-order valence-electron chi connectivity index (χ0n) is 7.66. The van der Waals surface area contributed by atoms with Gasteiger partial charge in [-0.25, -0.2) is 10.1 Å². The van der Waals surface area contributed by atoms with Crippen LogP contribution in [-0.4, -0.2) is 37.7 Å². The minimum Gasteiger partial charge on any atom is -0.349 e. The molecule has 0 unspecified atom stereocenters. The highest BCUT2D eigenvalue weighted by atomic mass is 32.1. The Bertz CT molecular complexity index is 377. The Balaban J connectivity index is 2.05. The van der Waals surface area contributed by atoms with Gasteiger partial charge >= 0.3 is 0 Å². The van der Waals surface area contributed by atoms with Crippen molar-refractivity contribution in [2.24, 2.45) is 5.10 Å². The summed E-state index contributed by atoms with van der Waals surface area (Å²) in [6.45, 7) is 1.84. The van der Waals surface area contributed by atoms with E-state index in [4.69, 9.17) is 0 Å². The number of rotatable bonds is 3. The van der Waals surface area contributed by atoms with Crippen molar-refractivity contribution in [2.45, 2.75) is 6.54 Å². The summed E-state index contributed by atoms with van der Waals surface area (Å²) in [4.78, 5) is 12.0. The molecule has 2 rings (SSSR count). The Labute approximate surface area is 89.1 Å². The van der Waals surface area contributed by atoms with Crippen LogP contribution in [0.25, 0.3) is 0 Å². The lowest BCUT2D eigenvalue weighted by molar-refractivity contribution is -0.485. The molecule has 2 heterocycles. The van der Waals surface area contributed by atoms with Crippen LogP contribution in [0, 0.1) is 10.1 Å². The van der Waals surface area contributed by atoms with Crippen molar-refractivity contribution in [3.8, 4) is 0 Å². The molecule has 0 saturated carbocycles. The lowest BCUT2D eigenvalue weighted by Gasteiger charge is -2.12. The largest absolute Gasteiger partial charge is 0.349 e. The van der Waals surface area contributed by atoms with E-state index in [1.807, 2.05) is 0 Å². The van der Waals surface area contributed by atoms with Gasteiger partial charge in [-0.2, -0.15) is 8.75 Å². The van der Waals surface area contributed by atoms with Crippen molar-refractivity contribution >= 4 is 17.7 Å². The fourth-order valence-corrected chi connectivity index (χ4v) is 1.73. The average molecular weight is 228 g/mol. The highest BCUT2D eigenvalue weighted by Crippen LogP contribution is 2.05. The molecule has 1 fully saturated rings. The minimum absolute atomic E-state index is 0.285. The maximum atomic E-state index is 10.2. The maximum absolute atomic E-state index is 10.2. The molecule has 1 N–H and O–H groups in total. The molecule has 0 aromatic carbocycles. The summed E-state index contributed by atoms with van der Waals surface area (Å²) in [5, 5.41) is 15.6. The minimum atomic E-state index is -0.708. The van der Waals surface area contributed by atoms with Crippen molar-refractivity contribution in [3.63, 3.8) is 0 Å². The maximum Gasteiger partial charge on any atom is 0.271 e. The molecule has 0 aliphatic carbocycles. The first-order valence-corrected chi connectivity index (χ1v) is 4.97. The first-order valence-electron chi connectivity index (χ1n) is 4.24. The quantitative estimate of drug-likeness (QED) is 0.553. The van der Waals surface area contributed by atoms with Crippen molar-refractivity contribution < 1.29 is 5.03 Å². The first-order chi connectivity index (χ1) is 7.25. The highest BCUT2D eigenvalue weighted by molar-refractivity contribution is 6.99. The smallest absolute Gasteiger partial charge is 0.271 e. The van der Waals surface area contributed by atoms with Gasteiger partial charge in [0.2, 0.25) is 0 Å². The molecule has 1 aromatic heterocycles. The molecule has 1 aromatic rings. The predicted octanol–water partition coefficient (Wildman–Crippen LogP) is -0.509. The molecule has 1 saturated heterocycles. The van der Waals surface area contributed by atoms with Crippen molar-refractivity contribution in [1.29, 1.82) is 0 Å². The molecule has 15 heavy (non-hydrogen) atoms. The topological polar surface area (TPSA) is 96.5 Å². The summed E-state index contributed by atoms with van der Waals surface area (Å²) in [5.41, 5.74) is 0.791. The Kier molecular flexibility index (Phi) is 2.72. The molecule has 80 valence electrons. The fraction of sp³-hybridized carbons (Fsp3) is 0.500. The highest BCUT2D eigenvalue weighted by Gasteiger charge is 2.22. The van der Waals surface area contributed by atoms with Gasteiger partial charge in [-0.05, 0) is 0 Å². The van der Waals surface area contributed by atoms with Crippen LogP contribution in [0.1, 0.15) is 5.69 Å². The third kappa shape index (κ3) is 2.37. The summed E-state index contributed by atoms with van der Waals surface area (Å²) >= 11 is 1.12. The molecular weight excluding hydrogens is 220 g/mol. The van der Waals surface area contributed by atoms with Crippen LogP contribution in [0.2, 0.25) is 0 Å². The number of nitrogens with zero attached hydrogens (tertiary/aromatic N) is 5. The van der Waals surface area contributed by atoms with E-state index in [2.05, 4.69) is 19.2 Å². The number of hydrogen-bond acceptors (Lipinski definition) is 5. The summed E-state index contributed by atoms with van der Waals surface area (Å²) in [7, 11) is 0. The Hall–Kier alpha value is -1.77. The van der Waals surface area contributed by atoms with Gasteiger partial charge in [-0.15, -0.1) is 0 Å². The van der Waals surface area contributed by atoms with E-state index in [-0.39, 0.29) is 5.96 Å². The molecule has 1 aliphatic rings. The summed E-state index contributed by atoms with van der Waals surface area (Å²) in [6, 6.07) is 0. The number of nitro groups is 1. The van der Waals surface area contributed by atoms with Crippen LogP contribution in [0.4, 0.5) is 0 Å². The van der Waals surface area contributed by atoms with E-state index < -0.39 is 5.03 Å². The second kappa shape index (κ2) is 4.17. The van der Waals surface area contributed by atoms with Crippen LogP contribution < -0.4 is 5.32 Å². The van der Waals surface area contributed by atoms with Crippen LogP contribution in [-0.2, 0) is 6.54 Å². The average Bonchev–Trinajstić information content (AvgIpc) is 2.78. The van der Waals surface area contributed by atoms with Crippen LogP contribution in [0.5, 0.6) is 0 Å². The number of guanidine groups is 1. The molecular formula is C6H8N6O2S. The van der Waals surface area contributed by atoms with Gasteiger partial charge in [-0.1, -0.05) is 0 Å². The van der Waals surface area contributed by atoms with Gasteiger partial charge in [0.15, 0.2) is 5.03 Å². The van der Waals surface area contributed by atoms with Crippen molar-refractivity contribution in [1.82, 2.24) is 19.0 Å². The van der Waals surface area contributed by atoms with E-state index in [1.165, 1.54) is 0 Å². The van der Waals surface area contributed by atoms with Gasteiger partial charge < -0.3 is 10.2 Å². The number of aromatic nitrogens is 2. The van der Waals surface area contributed by atoms with Gasteiger partial charge in [0.1, 0.15) is 5.10 Å². The van der Waals surface area contributed by atoms with Gasteiger partial charge in [0, 0.05) is 13.1 Å². The van der Waals surface area contributed by atoms with E-state index in [0.29, 0.717) is 19.6 Å². The summed E-state index contributed by atoms with van der Waals surface area (Å²) in [6.07, 6.45) is 1.65. The van der Waals surface area contributed by atoms with Gasteiger partial charge in [-0.3, -0.25) is 0 Å². The molecule has 0 bridgehead atoms. The zero-order valence-corrected chi connectivity index (χ0v) is 8.48. The number of hydrogen-bond donors (Lipinski definition) is 1. The monoisotopic (exact) mass is 228 g/mol. The summed E-state index contributed by atoms with van der Waals surface area (Å²) < 4.78 is 7.89. The third-order valence-corrected chi connectivity index (χ3v) is 2.42. The number of hydrazone groups is 1. The fourth-order valence-electron chi connectivity index (χ4n) is 1.30. The van der Waals surface area contributed by atoms with Crippen molar-refractivity contribution in [2.75, 3.05) is 13.1 Å². The SMILES string of the molecule is O=[N+]([O-])N=C1NCCN1Cc1cnsn1. The predicted molar refractivity (Wildman–Crippen MR) is 52.8 cm³/mol. The molecule has 8 nitrogen and oxygen atoms in total.